The van der Waals surface area contributed by atoms with Crippen molar-refractivity contribution in [2.45, 2.75) is 18.9 Å². The third-order valence-electron chi connectivity index (χ3n) is 4.69. The van der Waals surface area contributed by atoms with E-state index in [1.54, 1.807) is 0 Å². The van der Waals surface area contributed by atoms with Crippen LogP contribution in [-0.4, -0.2) is 35.5 Å². The van der Waals surface area contributed by atoms with Crippen LogP contribution in [0.2, 0.25) is 0 Å². The first-order valence-electron chi connectivity index (χ1n) is 8.25. The monoisotopic (exact) mass is 353 g/mol. The number of benzene rings is 2. The number of fused-ring (bicyclic) bond motifs is 3. The van der Waals surface area contributed by atoms with E-state index in [0.717, 1.165) is 29.2 Å². The zero-order valence-electron chi connectivity index (χ0n) is 14.2. The smallest absolute Gasteiger partial charge is 0.321 e. The van der Waals surface area contributed by atoms with Crippen LogP contribution in [0.5, 0.6) is 0 Å². The fourth-order valence-electron chi connectivity index (χ4n) is 3.40. The molecule has 134 valence electrons. The highest BCUT2D eigenvalue weighted by atomic mass is 16.5. The number of ether oxygens (including phenoxy) is 1. The van der Waals surface area contributed by atoms with Gasteiger partial charge < -0.3 is 15.6 Å². The summed E-state index contributed by atoms with van der Waals surface area (Å²) in [5.74, 6) is -4.63. The van der Waals surface area contributed by atoms with Crippen molar-refractivity contribution >= 4 is 17.7 Å². The predicted molar refractivity (Wildman–Crippen MR) is 94.5 cm³/mol. The van der Waals surface area contributed by atoms with Gasteiger partial charge in [-0.2, -0.15) is 0 Å². The second-order valence-corrected chi connectivity index (χ2v) is 6.31. The lowest BCUT2D eigenvalue weighted by Crippen LogP contribution is -2.46. The van der Waals surface area contributed by atoms with E-state index in [9.17, 15) is 14.4 Å². The summed E-state index contributed by atoms with van der Waals surface area (Å²) in [5, 5.41) is 9.01. The first-order chi connectivity index (χ1) is 12.4. The van der Waals surface area contributed by atoms with Crippen molar-refractivity contribution in [2.24, 2.45) is 11.7 Å². The molecule has 3 N–H and O–H groups in total. The van der Waals surface area contributed by atoms with Crippen LogP contribution >= 0.6 is 0 Å². The SMILES string of the molecule is CC(=O)[C@@H](C(=O)OCC1c2ccccc2-c2ccccc21)C(N)C(=O)O. The molecule has 0 aromatic heterocycles. The summed E-state index contributed by atoms with van der Waals surface area (Å²) >= 11 is 0. The number of aliphatic carboxylic acids is 1. The Bertz CT molecular complexity index is 831. The molecule has 1 aliphatic carbocycles. The highest BCUT2D eigenvalue weighted by Crippen LogP contribution is 2.44. The molecule has 0 aliphatic heterocycles. The van der Waals surface area contributed by atoms with Crippen LogP contribution in [0, 0.1) is 5.92 Å². The molecule has 26 heavy (non-hydrogen) atoms. The predicted octanol–water partition coefficient (Wildman–Crippen LogP) is 1.96. The lowest BCUT2D eigenvalue weighted by Gasteiger charge is -2.19. The van der Waals surface area contributed by atoms with Crippen molar-refractivity contribution in [3.05, 3.63) is 59.7 Å². The molecule has 0 saturated heterocycles. The van der Waals surface area contributed by atoms with E-state index >= 15 is 0 Å². The van der Waals surface area contributed by atoms with Gasteiger partial charge in [0.1, 0.15) is 24.3 Å². The Morgan fingerprint density at radius 1 is 1.04 bits per heavy atom. The number of ketones is 1. The fraction of sp³-hybridized carbons (Fsp3) is 0.250. The number of hydrogen-bond donors (Lipinski definition) is 2. The molecule has 0 radical (unpaired) electrons. The lowest BCUT2D eigenvalue weighted by atomic mass is 9.96. The van der Waals surface area contributed by atoms with Crippen molar-refractivity contribution in [1.29, 1.82) is 0 Å². The zero-order valence-corrected chi connectivity index (χ0v) is 14.2. The average molecular weight is 353 g/mol. The van der Waals surface area contributed by atoms with Gasteiger partial charge in [0, 0.05) is 5.92 Å². The number of carbonyl (C=O) groups is 3. The third-order valence-corrected chi connectivity index (χ3v) is 4.69. The number of carboxylic acid groups (broad SMARTS) is 1. The summed E-state index contributed by atoms with van der Waals surface area (Å²) < 4.78 is 5.33. The van der Waals surface area contributed by atoms with Gasteiger partial charge in [0.25, 0.3) is 0 Å². The van der Waals surface area contributed by atoms with Crippen LogP contribution in [0.4, 0.5) is 0 Å². The minimum absolute atomic E-state index is 0.0168. The summed E-state index contributed by atoms with van der Waals surface area (Å²) in [5.41, 5.74) is 9.70. The van der Waals surface area contributed by atoms with Crippen molar-refractivity contribution in [2.75, 3.05) is 6.61 Å². The van der Waals surface area contributed by atoms with Crippen molar-refractivity contribution in [1.82, 2.24) is 0 Å². The van der Waals surface area contributed by atoms with Crippen molar-refractivity contribution < 1.29 is 24.2 Å². The minimum Gasteiger partial charge on any atom is -0.480 e. The van der Waals surface area contributed by atoms with E-state index in [-0.39, 0.29) is 12.5 Å². The highest BCUT2D eigenvalue weighted by Gasteiger charge is 2.37. The molecule has 0 heterocycles. The van der Waals surface area contributed by atoms with E-state index in [2.05, 4.69) is 0 Å². The van der Waals surface area contributed by atoms with Crippen LogP contribution < -0.4 is 5.73 Å². The number of rotatable bonds is 6. The van der Waals surface area contributed by atoms with Crippen LogP contribution in [0.15, 0.2) is 48.5 Å². The van der Waals surface area contributed by atoms with Gasteiger partial charge in [-0.1, -0.05) is 48.5 Å². The maximum Gasteiger partial charge on any atom is 0.321 e. The molecule has 2 aromatic carbocycles. The fourth-order valence-corrected chi connectivity index (χ4v) is 3.40. The second-order valence-electron chi connectivity index (χ2n) is 6.31. The van der Waals surface area contributed by atoms with Crippen LogP contribution in [0.25, 0.3) is 11.1 Å². The van der Waals surface area contributed by atoms with Gasteiger partial charge in [0.15, 0.2) is 0 Å². The van der Waals surface area contributed by atoms with Gasteiger partial charge in [-0.3, -0.25) is 14.4 Å². The van der Waals surface area contributed by atoms with Gasteiger partial charge in [0.2, 0.25) is 0 Å². The standard InChI is InChI=1S/C20H19NO5/c1-11(22)17(18(21)19(23)24)20(25)26-10-16-14-8-4-2-6-12(14)13-7-3-5-9-15(13)16/h2-9,16-18H,10,21H2,1H3,(H,23,24)/t17-,18?/m1/s1. The second kappa shape index (κ2) is 7.09. The quantitative estimate of drug-likeness (QED) is 0.607. The maximum absolute atomic E-state index is 12.3. The number of nitrogens with two attached hydrogens (primary N) is 1. The Hall–Kier alpha value is -2.99. The molecule has 6 nitrogen and oxygen atoms in total. The van der Waals surface area contributed by atoms with Crippen LogP contribution in [-0.2, 0) is 19.1 Å². The van der Waals surface area contributed by atoms with E-state index in [0.29, 0.717) is 0 Å². The van der Waals surface area contributed by atoms with Gasteiger partial charge >= 0.3 is 11.9 Å². The minimum atomic E-state index is -1.62. The number of Topliss-reactive ketones (excluding diaryl/α,β-unsaturated/α-hetero) is 1. The van der Waals surface area contributed by atoms with Crippen LogP contribution in [0.1, 0.15) is 24.0 Å². The van der Waals surface area contributed by atoms with E-state index in [4.69, 9.17) is 15.6 Å². The molecule has 1 aliphatic rings. The number of hydrogen-bond acceptors (Lipinski definition) is 5. The molecule has 0 fully saturated rings. The Kier molecular flexibility index (Phi) is 4.86. The summed E-state index contributed by atoms with van der Waals surface area (Å²) in [6, 6.07) is 14.1. The van der Waals surface area contributed by atoms with Gasteiger partial charge in [-0.05, 0) is 29.2 Å². The molecule has 3 rings (SSSR count). The first-order valence-corrected chi connectivity index (χ1v) is 8.25. The molecular formula is C20H19NO5. The van der Waals surface area contributed by atoms with E-state index < -0.39 is 29.7 Å². The molecule has 6 heteroatoms. The van der Waals surface area contributed by atoms with Gasteiger partial charge in [-0.15, -0.1) is 0 Å². The molecule has 0 saturated carbocycles. The van der Waals surface area contributed by atoms with Crippen molar-refractivity contribution in [3.63, 3.8) is 0 Å². The largest absolute Gasteiger partial charge is 0.480 e. The van der Waals surface area contributed by atoms with Gasteiger partial charge in [-0.25, -0.2) is 0 Å². The molecule has 0 spiro atoms. The van der Waals surface area contributed by atoms with Crippen LogP contribution in [0.3, 0.4) is 0 Å². The third kappa shape index (κ3) is 3.11. The Morgan fingerprint density at radius 2 is 1.54 bits per heavy atom. The summed E-state index contributed by atoms with van der Waals surface area (Å²) in [4.78, 5) is 35.1. The Labute approximate surface area is 150 Å². The summed E-state index contributed by atoms with van der Waals surface area (Å²) in [6.07, 6.45) is 0. The molecule has 2 atom stereocenters. The Morgan fingerprint density at radius 3 is 2.00 bits per heavy atom. The Balaban J connectivity index is 1.82. The van der Waals surface area contributed by atoms with E-state index in [1.165, 1.54) is 0 Å². The lowest BCUT2D eigenvalue weighted by molar-refractivity contribution is -0.157. The summed E-state index contributed by atoms with van der Waals surface area (Å²) in [6.45, 7) is 1.15. The van der Waals surface area contributed by atoms with Gasteiger partial charge in [0.05, 0.1) is 0 Å². The molecule has 0 amide bonds. The number of esters is 1. The van der Waals surface area contributed by atoms with Crippen molar-refractivity contribution in [3.8, 4) is 11.1 Å². The topological polar surface area (TPSA) is 107 Å². The average Bonchev–Trinajstić information content (AvgIpc) is 2.93. The molecule has 0 bridgehead atoms. The maximum atomic E-state index is 12.3. The van der Waals surface area contributed by atoms with E-state index in [1.807, 2.05) is 48.5 Å². The first kappa shape index (κ1) is 17.8. The normalized spacial score (nSPS) is 14.8. The highest BCUT2D eigenvalue weighted by molar-refractivity contribution is 6.02. The number of carboxylic acids is 1. The molecular weight excluding hydrogens is 334 g/mol. The molecule has 1 unspecified atom stereocenters. The molecule has 2 aromatic rings. The zero-order chi connectivity index (χ0) is 18.8. The summed E-state index contributed by atoms with van der Waals surface area (Å²) in [7, 11) is 0. The number of carbonyl (C=O) groups excluding carboxylic acids is 2.